The molecule has 1 rings (SSSR count). The van der Waals surface area contributed by atoms with E-state index in [9.17, 15) is 9.35 Å². The van der Waals surface area contributed by atoms with E-state index in [0.717, 1.165) is 0 Å². The van der Waals surface area contributed by atoms with Crippen LogP contribution in [0.3, 0.4) is 0 Å². The molecule has 0 fully saturated rings. The van der Waals surface area contributed by atoms with E-state index in [2.05, 4.69) is 38.6 Å². The minimum absolute atomic E-state index is 0.0394. The molecule has 0 amide bonds. The van der Waals surface area contributed by atoms with Crippen molar-refractivity contribution in [1.29, 1.82) is 0 Å². The summed E-state index contributed by atoms with van der Waals surface area (Å²) in [5.74, 6) is -1.04. The Morgan fingerprint density at radius 3 is 2.26 bits per heavy atom. The standard InChI is InChI=1S/C19H32ClNO4SSi/c1-18(2,3)26(24)21-16(12-25-27(7,8)19(4,5)6)14-10-9-13(17(22)23)11-15(14)20/h9-11,16,21H,12H2,1-8H3,(H,22,23)/t16?,26-/m0/s1. The van der Waals surface area contributed by atoms with Crippen molar-refractivity contribution in [2.45, 2.75) is 70.5 Å². The Bertz CT molecular complexity index is 671. The van der Waals surface area contributed by atoms with Gasteiger partial charge in [0.15, 0.2) is 8.32 Å². The van der Waals surface area contributed by atoms with E-state index < -0.39 is 36.4 Å². The van der Waals surface area contributed by atoms with Gasteiger partial charge in [-0.2, -0.15) is 0 Å². The molecule has 1 unspecified atom stereocenters. The molecule has 1 aromatic rings. The van der Waals surface area contributed by atoms with Gasteiger partial charge in [0.2, 0.25) is 0 Å². The second-order valence-corrected chi connectivity index (χ2v) is 16.4. The molecule has 0 aliphatic rings. The smallest absolute Gasteiger partial charge is 0.335 e. The van der Waals surface area contributed by atoms with Gasteiger partial charge in [0.05, 0.1) is 12.2 Å². The summed E-state index contributed by atoms with van der Waals surface area (Å²) in [6.07, 6.45) is 0. The number of hydrogen-bond donors (Lipinski definition) is 2. The average molecular weight is 434 g/mol. The van der Waals surface area contributed by atoms with Crippen molar-refractivity contribution in [3.05, 3.63) is 34.3 Å². The zero-order chi connectivity index (χ0) is 21.2. The summed E-state index contributed by atoms with van der Waals surface area (Å²) in [4.78, 5) is 11.2. The van der Waals surface area contributed by atoms with Crippen LogP contribution in [0.1, 0.15) is 63.5 Å². The average Bonchev–Trinajstić information content (AvgIpc) is 2.49. The fraction of sp³-hybridized carbons (Fsp3) is 0.632. The lowest BCUT2D eigenvalue weighted by Gasteiger charge is -2.38. The Hall–Kier alpha value is -0.573. The van der Waals surface area contributed by atoms with Crippen LogP contribution in [0.2, 0.25) is 23.2 Å². The summed E-state index contributed by atoms with van der Waals surface area (Å²) in [7, 11) is -2.02. The third kappa shape index (κ3) is 6.76. The van der Waals surface area contributed by atoms with Crippen LogP contribution in [0.25, 0.3) is 0 Å². The Balaban J connectivity index is 3.17. The summed E-state index contributed by atoms with van der Waals surface area (Å²) in [6.45, 7) is 16.7. The van der Waals surface area contributed by atoms with Crippen LogP contribution >= 0.6 is 11.6 Å². The molecule has 0 aliphatic carbocycles. The maximum absolute atomic E-state index is 12.7. The molecule has 0 spiro atoms. The first kappa shape index (κ1) is 24.5. The van der Waals surface area contributed by atoms with E-state index in [-0.39, 0.29) is 10.6 Å². The second-order valence-electron chi connectivity index (χ2n) is 9.16. The molecule has 0 bridgehead atoms. The number of carboxylic acids is 1. The highest BCUT2D eigenvalue weighted by atomic mass is 35.5. The number of carbonyl (C=O) groups is 1. The van der Waals surface area contributed by atoms with Crippen LogP contribution in [0.15, 0.2) is 18.2 Å². The summed E-state index contributed by atoms with van der Waals surface area (Å²) in [5.41, 5.74) is 0.794. The summed E-state index contributed by atoms with van der Waals surface area (Å²) in [6, 6.07) is 4.18. The predicted octanol–water partition coefficient (Wildman–Crippen LogP) is 5.15. The predicted molar refractivity (Wildman–Crippen MR) is 115 cm³/mol. The summed E-state index contributed by atoms with van der Waals surface area (Å²) < 4.78 is 21.7. The number of hydrogen-bond acceptors (Lipinski definition) is 4. The van der Waals surface area contributed by atoms with Gasteiger partial charge in [-0.3, -0.25) is 0 Å². The van der Waals surface area contributed by atoms with E-state index in [1.54, 1.807) is 6.07 Å². The molecular formula is C19H32ClNO4SSi. The number of halogens is 1. The SMILES string of the molecule is CC(C)(C)[S@+]([O-])NC(CO[Si](C)(C)C(C)(C)C)c1ccc(C(=O)O)cc1Cl. The molecule has 2 atom stereocenters. The molecule has 0 saturated heterocycles. The molecule has 27 heavy (non-hydrogen) atoms. The van der Waals surface area contributed by atoms with Crippen molar-refractivity contribution in [2.24, 2.45) is 0 Å². The Labute approximate surface area is 172 Å². The monoisotopic (exact) mass is 433 g/mol. The van der Waals surface area contributed by atoms with Gasteiger partial charge in [0, 0.05) is 16.4 Å². The normalized spacial score (nSPS) is 15.5. The first-order chi connectivity index (χ1) is 12.1. The van der Waals surface area contributed by atoms with Crippen LogP contribution in [0.4, 0.5) is 0 Å². The fourth-order valence-electron chi connectivity index (χ4n) is 1.94. The third-order valence-corrected chi connectivity index (χ3v) is 11.3. The molecule has 0 aromatic heterocycles. The zero-order valence-electron chi connectivity index (χ0n) is 17.5. The molecule has 0 aliphatic heterocycles. The van der Waals surface area contributed by atoms with Crippen molar-refractivity contribution in [3.8, 4) is 0 Å². The number of carboxylic acid groups (broad SMARTS) is 1. The van der Waals surface area contributed by atoms with Gasteiger partial charge in [-0.15, -0.1) is 4.72 Å². The summed E-state index contributed by atoms with van der Waals surface area (Å²) in [5, 5.41) is 9.50. The van der Waals surface area contributed by atoms with E-state index in [4.69, 9.17) is 21.1 Å². The molecule has 0 heterocycles. The van der Waals surface area contributed by atoms with Crippen molar-refractivity contribution < 1.29 is 18.9 Å². The van der Waals surface area contributed by atoms with Gasteiger partial charge in [-0.1, -0.05) is 38.4 Å². The van der Waals surface area contributed by atoms with Crippen molar-refractivity contribution in [1.82, 2.24) is 4.72 Å². The number of benzene rings is 1. The maximum atomic E-state index is 12.7. The molecule has 0 saturated carbocycles. The Morgan fingerprint density at radius 2 is 1.85 bits per heavy atom. The quantitative estimate of drug-likeness (QED) is 0.458. The molecule has 0 radical (unpaired) electrons. The molecular weight excluding hydrogens is 402 g/mol. The Morgan fingerprint density at radius 1 is 1.30 bits per heavy atom. The highest BCUT2D eigenvalue weighted by Crippen LogP contribution is 2.37. The van der Waals surface area contributed by atoms with Crippen molar-refractivity contribution in [2.75, 3.05) is 6.61 Å². The largest absolute Gasteiger partial charge is 0.598 e. The zero-order valence-corrected chi connectivity index (χ0v) is 20.0. The van der Waals surface area contributed by atoms with Crippen LogP contribution in [0, 0.1) is 0 Å². The minimum atomic E-state index is -2.02. The van der Waals surface area contributed by atoms with Gasteiger partial charge in [-0.05, 0) is 56.6 Å². The number of nitrogens with one attached hydrogen (secondary N) is 1. The van der Waals surface area contributed by atoms with Gasteiger partial charge in [-0.25, -0.2) is 4.79 Å². The number of rotatable bonds is 7. The highest BCUT2D eigenvalue weighted by Gasteiger charge is 2.39. The molecule has 5 nitrogen and oxygen atoms in total. The lowest BCUT2D eigenvalue weighted by atomic mass is 10.1. The lowest BCUT2D eigenvalue weighted by molar-refractivity contribution is 0.0697. The second kappa shape index (κ2) is 8.84. The third-order valence-electron chi connectivity index (χ3n) is 4.85. The minimum Gasteiger partial charge on any atom is -0.598 e. The van der Waals surface area contributed by atoms with E-state index in [1.165, 1.54) is 12.1 Å². The van der Waals surface area contributed by atoms with E-state index >= 15 is 0 Å². The fourth-order valence-corrected chi connectivity index (χ4v) is 4.08. The Kier molecular flexibility index (Phi) is 8.01. The first-order valence-corrected chi connectivity index (χ1v) is 13.3. The summed E-state index contributed by atoms with van der Waals surface area (Å²) >= 11 is 5.03. The van der Waals surface area contributed by atoms with Crippen molar-refractivity contribution >= 4 is 37.2 Å². The van der Waals surface area contributed by atoms with Gasteiger partial charge < -0.3 is 14.1 Å². The van der Waals surface area contributed by atoms with E-state index in [0.29, 0.717) is 17.2 Å². The molecule has 8 heteroatoms. The van der Waals surface area contributed by atoms with Crippen LogP contribution in [-0.4, -0.2) is 35.3 Å². The highest BCUT2D eigenvalue weighted by molar-refractivity contribution is 7.90. The first-order valence-electron chi connectivity index (χ1n) is 8.91. The van der Waals surface area contributed by atoms with Crippen LogP contribution < -0.4 is 4.72 Å². The maximum Gasteiger partial charge on any atom is 0.335 e. The van der Waals surface area contributed by atoms with E-state index in [1.807, 2.05) is 20.8 Å². The number of aromatic carboxylic acids is 1. The molecule has 154 valence electrons. The van der Waals surface area contributed by atoms with Gasteiger partial charge in [0.1, 0.15) is 10.8 Å². The lowest BCUT2D eigenvalue weighted by Crippen LogP contribution is -2.46. The molecule has 1 aromatic carbocycles. The van der Waals surface area contributed by atoms with Crippen LogP contribution in [-0.2, 0) is 15.8 Å². The topological polar surface area (TPSA) is 81.6 Å². The van der Waals surface area contributed by atoms with Gasteiger partial charge >= 0.3 is 5.97 Å². The van der Waals surface area contributed by atoms with Gasteiger partial charge in [0.25, 0.3) is 0 Å². The van der Waals surface area contributed by atoms with Crippen molar-refractivity contribution in [3.63, 3.8) is 0 Å². The van der Waals surface area contributed by atoms with Crippen LogP contribution in [0.5, 0.6) is 0 Å². The molecule has 2 N–H and O–H groups in total.